The van der Waals surface area contributed by atoms with Crippen LogP contribution >= 0.6 is 0 Å². The second kappa shape index (κ2) is 10.6. The van der Waals surface area contributed by atoms with Crippen LogP contribution in [0.25, 0.3) is 0 Å². The van der Waals surface area contributed by atoms with Crippen LogP contribution in [0.4, 0.5) is 0 Å². The predicted octanol–water partition coefficient (Wildman–Crippen LogP) is 3.18. The first-order valence-electron chi connectivity index (χ1n) is 11.7. The van der Waals surface area contributed by atoms with Gasteiger partial charge in [0.15, 0.2) is 0 Å². The lowest BCUT2D eigenvalue weighted by Gasteiger charge is -2.25. The lowest BCUT2D eigenvalue weighted by Crippen LogP contribution is -2.37. The van der Waals surface area contributed by atoms with Gasteiger partial charge in [0, 0.05) is 45.2 Å². The molecule has 32 heavy (non-hydrogen) atoms. The molecule has 0 aliphatic carbocycles. The Balaban J connectivity index is 1.22. The van der Waals surface area contributed by atoms with E-state index in [1.165, 1.54) is 5.56 Å². The average Bonchev–Trinajstić information content (AvgIpc) is 3.25. The van der Waals surface area contributed by atoms with E-state index in [4.69, 9.17) is 0 Å². The Bertz CT molecular complexity index is 987. The zero-order valence-electron chi connectivity index (χ0n) is 18.6. The van der Waals surface area contributed by atoms with Crippen molar-refractivity contribution in [1.82, 2.24) is 14.5 Å². The normalized spacial score (nSPS) is 20.3. The molecule has 4 rings (SSSR count). The number of carbonyl (C=O) groups is 1. The van der Waals surface area contributed by atoms with Crippen molar-refractivity contribution in [2.45, 2.75) is 56.0 Å². The molecule has 7 heteroatoms. The first kappa shape index (κ1) is 23.0. The Morgan fingerprint density at radius 3 is 2.34 bits per heavy atom. The van der Waals surface area contributed by atoms with E-state index in [9.17, 15) is 13.2 Å². The molecule has 0 unspecified atom stereocenters. The standard InChI is InChI=1S/C25H33N3O3S/c29-25(26-23-15-18-27(20-23)19-22-7-3-1-4-8-22)14-11-21-9-12-24(13-10-21)32(30,31)28-16-5-2-6-17-28/h1,3-4,7-10,12-13,23H,2,5-6,11,14-20H2,(H,26,29)/t23-/m0/s1. The number of nitrogens with zero attached hydrogens (tertiary/aromatic N) is 2. The summed E-state index contributed by atoms with van der Waals surface area (Å²) in [7, 11) is -3.40. The van der Waals surface area contributed by atoms with Crippen molar-refractivity contribution in [3.05, 3.63) is 65.7 Å². The molecule has 0 radical (unpaired) electrons. The van der Waals surface area contributed by atoms with Crippen LogP contribution in [0.5, 0.6) is 0 Å². The summed E-state index contributed by atoms with van der Waals surface area (Å²) in [6, 6.07) is 17.6. The second-order valence-corrected chi connectivity index (χ2v) is 10.8. The van der Waals surface area contributed by atoms with Crippen LogP contribution in [0, 0.1) is 0 Å². The summed E-state index contributed by atoms with van der Waals surface area (Å²) in [5.74, 6) is 0.0570. The molecule has 0 saturated carbocycles. The molecule has 1 N–H and O–H groups in total. The number of likely N-dealkylation sites (tertiary alicyclic amines) is 1. The number of sulfonamides is 1. The SMILES string of the molecule is O=C(CCc1ccc(S(=O)(=O)N2CCCCC2)cc1)N[C@H]1CCN(Cc2ccccc2)C1. The van der Waals surface area contributed by atoms with Gasteiger partial charge in [0.25, 0.3) is 0 Å². The monoisotopic (exact) mass is 455 g/mol. The largest absolute Gasteiger partial charge is 0.352 e. The number of rotatable bonds is 8. The molecule has 6 nitrogen and oxygen atoms in total. The Hall–Kier alpha value is -2.22. The van der Waals surface area contributed by atoms with E-state index in [0.29, 0.717) is 30.8 Å². The minimum atomic E-state index is -3.40. The van der Waals surface area contributed by atoms with Crippen molar-refractivity contribution < 1.29 is 13.2 Å². The maximum Gasteiger partial charge on any atom is 0.243 e. The number of benzene rings is 2. The third-order valence-corrected chi connectivity index (χ3v) is 8.32. The predicted molar refractivity (Wildman–Crippen MR) is 126 cm³/mol. The molecular formula is C25H33N3O3S. The molecule has 0 bridgehead atoms. The van der Waals surface area contributed by atoms with Gasteiger partial charge >= 0.3 is 0 Å². The van der Waals surface area contributed by atoms with Gasteiger partial charge in [0.1, 0.15) is 0 Å². The molecule has 2 aliphatic rings. The zero-order valence-corrected chi connectivity index (χ0v) is 19.4. The van der Waals surface area contributed by atoms with Gasteiger partial charge in [0.05, 0.1) is 4.90 Å². The first-order chi connectivity index (χ1) is 15.5. The molecule has 172 valence electrons. The van der Waals surface area contributed by atoms with E-state index in [2.05, 4.69) is 34.5 Å². The first-order valence-corrected chi connectivity index (χ1v) is 13.1. The van der Waals surface area contributed by atoms with Crippen molar-refractivity contribution in [3.8, 4) is 0 Å². The van der Waals surface area contributed by atoms with Crippen molar-refractivity contribution >= 4 is 15.9 Å². The molecule has 1 atom stereocenters. The molecular weight excluding hydrogens is 422 g/mol. The fraction of sp³-hybridized carbons (Fsp3) is 0.480. The van der Waals surface area contributed by atoms with Gasteiger partial charge in [-0.2, -0.15) is 4.31 Å². The van der Waals surface area contributed by atoms with Crippen molar-refractivity contribution in [2.24, 2.45) is 0 Å². The number of nitrogens with one attached hydrogen (secondary N) is 1. The Kier molecular flexibility index (Phi) is 7.60. The van der Waals surface area contributed by atoms with Crippen LogP contribution in [-0.2, 0) is 27.8 Å². The summed E-state index contributed by atoms with van der Waals surface area (Å²) < 4.78 is 27.1. The highest BCUT2D eigenvalue weighted by molar-refractivity contribution is 7.89. The fourth-order valence-corrected chi connectivity index (χ4v) is 6.09. The van der Waals surface area contributed by atoms with Gasteiger partial charge in [-0.1, -0.05) is 48.9 Å². The molecule has 2 heterocycles. The third-order valence-electron chi connectivity index (χ3n) is 6.40. The number of carbonyl (C=O) groups excluding carboxylic acids is 1. The van der Waals surface area contributed by atoms with E-state index in [1.807, 2.05) is 18.2 Å². The van der Waals surface area contributed by atoms with Crippen molar-refractivity contribution in [3.63, 3.8) is 0 Å². The molecule has 0 aromatic heterocycles. The summed E-state index contributed by atoms with van der Waals surface area (Å²) in [5.41, 5.74) is 2.28. The Morgan fingerprint density at radius 1 is 0.906 bits per heavy atom. The van der Waals surface area contributed by atoms with Gasteiger partial charge in [0.2, 0.25) is 15.9 Å². The van der Waals surface area contributed by atoms with E-state index < -0.39 is 10.0 Å². The van der Waals surface area contributed by atoms with Crippen LogP contribution in [0.2, 0.25) is 0 Å². The summed E-state index contributed by atoms with van der Waals surface area (Å²) >= 11 is 0. The van der Waals surface area contributed by atoms with E-state index >= 15 is 0 Å². The highest BCUT2D eigenvalue weighted by atomic mass is 32.2. The minimum Gasteiger partial charge on any atom is -0.352 e. The molecule has 1 amide bonds. The van der Waals surface area contributed by atoms with Gasteiger partial charge in [-0.25, -0.2) is 8.42 Å². The lowest BCUT2D eigenvalue weighted by molar-refractivity contribution is -0.121. The van der Waals surface area contributed by atoms with Crippen LogP contribution in [0.3, 0.4) is 0 Å². The minimum absolute atomic E-state index is 0.0570. The molecule has 2 aliphatic heterocycles. The number of hydrogen-bond donors (Lipinski definition) is 1. The van der Waals surface area contributed by atoms with Crippen LogP contribution in [0.1, 0.15) is 43.2 Å². The number of piperidine rings is 1. The summed E-state index contributed by atoms with van der Waals surface area (Å²) in [6.45, 7) is 4.00. The van der Waals surface area contributed by atoms with Crippen molar-refractivity contribution in [1.29, 1.82) is 0 Å². The molecule has 2 saturated heterocycles. The summed E-state index contributed by atoms with van der Waals surface area (Å²) in [4.78, 5) is 15.2. The molecule has 0 spiro atoms. The molecule has 2 aromatic rings. The zero-order chi connectivity index (χ0) is 22.4. The Morgan fingerprint density at radius 2 is 1.62 bits per heavy atom. The van der Waals surface area contributed by atoms with Crippen molar-refractivity contribution in [2.75, 3.05) is 26.2 Å². The van der Waals surface area contributed by atoms with Gasteiger partial charge in [-0.15, -0.1) is 0 Å². The lowest BCUT2D eigenvalue weighted by atomic mass is 10.1. The van der Waals surface area contributed by atoms with Gasteiger partial charge in [-0.05, 0) is 48.9 Å². The van der Waals surface area contributed by atoms with Crippen LogP contribution in [0.15, 0.2) is 59.5 Å². The quantitative estimate of drug-likeness (QED) is 0.664. The third kappa shape index (κ3) is 5.97. The molecule has 2 aromatic carbocycles. The van der Waals surface area contributed by atoms with Crippen LogP contribution in [-0.4, -0.2) is 55.8 Å². The van der Waals surface area contributed by atoms with Gasteiger partial charge < -0.3 is 5.32 Å². The van der Waals surface area contributed by atoms with Gasteiger partial charge in [-0.3, -0.25) is 9.69 Å². The maximum atomic E-state index is 12.8. The Labute approximate surface area is 191 Å². The van der Waals surface area contributed by atoms with E-state index in [-0.39, 0.29) is 11.9 Å². The number of amides is 1. The highest BCUT2D eigenvalue weighted by Gasteiger charge is 2.26. The highest BCUT2D eigenvalue weighted by Crippen LogP contribution is 2.21. The maximum absolute atomic E-state index is 12.8. The summed E-state index contributed by atoms with van der Waals surface area (Å²) in [5, 5.41) is 3.16. The second-order valence-electron chi connectivity index (χ2n) is 8.88. The van der Waals surface area contributed by atoms with E-state index in [0.717, 1.165) is 50.9 Å². The number of hydrogen-bond acceptors (Lipinski definition) is 4. The van der Waals surface area contributed by atoms with E-state index in [1.54, 1.807) is 16.4 Å². The van der Waals surface area contributed by atoms with Crippen LogP contribution < -0.4 is 5.32 Å². The average molecular weight is 456 g/mol. The smallest absolute Gasteiger partial charge is 0.243 e. The number of aryl methyl sites for hydroxylation is 1. The fourth-order valence-electron chi connectivity index (χ4n) is 4.58. The molecule has 2 fully saturated rings. The topological polar surface area (TPSA) is 69.7 Å². The summed E-state index contributed by atoms with van der Waals surface area (Å²) in [6.07, 6.45) is 4.94.